The molecule has 0 aromatic heterocycles. The predicted molar refractivity (Wildman–Crippen MR) is 162 cm³/mol. The van der Waals surface area contributed by atoms with Gasteiger partial charge in [0.2, 0.25) is 5.50 Å². The van der Waals surface area contributed by atoms with Crippen LogP contribution in [0.2, 0.25) is 0 Å². The van der Waals surface area contributed by atoms with E-state index >= 15 is 0 Å². The monoisotopic (exact) mass is 556 g/mol. The molecule has 0 aromatic carbocycles. The third-order valence-electron chi connectivity index (χ3n) is 7.59. The van der Waals surface area contributed by atoms with Crippen LogP contribution in [0.3, 0.4) is 0 Å². The van der Waals surface area contributed by atoms with Crippen molar-refractivity contribution in [2.45, 2.75) is 199 Å². The van der Waals surface area contributed by atoms with Gasteiger partial charge in [-0.25, -0.2) is 4.39 Å². The van der Waals surface area contributed by atoms with Crippen molar-refractivity contribution in [3.8, 4) is 0 Å². The van der Waals surface area contributed by atoms with Crippen molar-refractivity contribution >= 4 is 10.1 Å². The first-order valence-electron chi connectivity index (χ1n) is 16.6. The average Bonchev–Trinajstić information content (AvgIpc) is 2.88. The van der Waals surface area contributed by atoms with Gasteiger partial charge in [-0.05, 0) is 19.3 Å². The van der Waals surface area contributed by atoms with Crippen molar-refractivity contribution in [3.05, 3.63) is 0 Å². The molecule has 0 aromatic rings. The van der Waals surface area contributed by atoms with Crippen LogP contribution in [0.25, 0.3) is 0 Å². The van der Waals surface area contributed by atoms with Gasteiger partial charge in [-0.3, -0.25) is 4.18 Å². The molecule has 0 saturated heterocycles. The molecule has 0 N–H and O–H groups in total. The molecule has 1 unspecified atom stereocenters. The van der Waals surface area contributed by atoms with Gasteiger partial charge in [0.05, 0.1) is 6.61 Å². The van der Waals surface area contributed by atoms with E-state index in [1.165, 1.54) is 135 Å². The summed E-state index contributed by atoms with van der Waals surface area (Å²) in [6, 6.07) is 0. The third kappa shape index (κ3) is 29.4. The van der Waals surface area contributed by atoms with Crippen molar-refractivity contribution in [1.82, 2.24) is 0 Å². The Labute approximate surface area is 252 Å². The van der Waals surface area contributed by atoms with Gasteiger partial charge in [-0.15, -0.1) is 0 Å². The molecular weight excluding hydrogens is 490 g/mol. The summed E-state index contributed by atoms with van der Waals surface area (Å²) in [5, 5.41) is 0. The molecule has 0 aliphatic heterocycles. The molecule has 0 spiro atoms. The molecule has 1 atom stereocenters. The summed E-state index contributed by atoms with van der Waals surface area (Å²) in [6.45, 7) is 4.61. The van der Waals surface area contributed by atoms with E-state index in [4.69, 9.17) is 4.18 Å². The van der Waals surface area contributed by atoms with E-state index in [2.05, 4.69) is 13.8 Å². The van der Waals surface area contributed by atoms with Gasteiger partial charge in [-0.1, -0.05) is 174 Å². The van der Waals surface area contributed by atoms with Crippen LogP contribution in [0.5, 0.6) is 0 Å². The van der Waals surface area contributed by atoms with Gasteiger partial charge in [0.15, 0.2) is 0 Å². The molecule has 0 aliphatic carbocycles. The van der Waals surface area contributed by atoms with Crippen LogP contribution in [-0.4, -0.2) is 20.5 Å². The van der Waals surface area contributed by atoms with Crippen LogP contribution in [0.1, 0.15) is 195 Å². The van der Waals surface area contributed by atoms with E-state index in [0.29, 0.717) is 12.8 Å². The first-order valence-corrected chi connectivity index (χ1v) is 18.0. The van der Waals surface area contributed by atoms with Crippen LogP contribution in [0.4, 0.5) is 4.39 Å². The maximum Gasteiger partial charge on any atom is 1.00 e. The Morgan fingerprint density at radius 1 is 0.500 bits per heavy atom. The van der Waals surface area contributed by atoms with E-state index in [1.807, 2.05) is 0 Å². The molecule has 0 rings (SSSR count). The number of alkyl halides is 1. The minimum absolute atomic E-state index is 0. The molecular formula is C32H66FLiO3S. The summed E-state index contributed by atoms with van der Waals surface area (Å²) < 4.78 is 43.0. The molecule has 0 saturated carbocycles. The van der Waals surface area contributed by atoms with E-state index < -0.39 is 15.6 Å². The fourth-order valence-corrected chi connectivity index (χ4v) is 5.97. The maximum absolute atomic E-state index is 14.1. The van der Waals surface area contributed by atoms with Crippen LogP contribution in [0, 0.1) is 0 Å². The number of hydrogen-bond donors (Lipinski definition) is 0. The Morgan fingerprint density at radius 2 is 0.763 bits per heavy atom. The molecule has 3 nitrogen and oxygen atoms in total. The Hall–Kier alpha value is 0.437. The second-order valence-corrected chi connectivity index (χ2v) is 13.1. The largest absolute Gasteiger partial charge is 1.00 e. The molecule has 226 valence electrons. The second-order valence-electron chi connectivity index (χ2n) is 11.4. The summed E-state index contributed by atoms with van der Waals surface area (Å²) >= 11 is 0. The summed E-state index contributed by atoms with van der Waals surface area (Å²) in [6.07, 6.45) is 33.5. The fraction of sp³-hybridized carbons (Fsp3) is 1.00. The first kappa shape index (κ1) is 40.6. The second kappa shape index (κ2) is 32.0. The van der Waals surface area contributed by atoms with E-state index in [0.717, 1.165) is 25.7 Å². The summed E-state index contributed by atoms with van der Waals surface area (Å²) in [7, 11) is -4.06. The van der Waals surface area contributed by atoms with Gasteiger partial charge in [0.1, 0.15) is 0 Å². The van der Waals surface area contributed by atoms with Gasteiger partial charge < -0.3 is 1.43 Å². The summed E-state index contributed by atoms with van der Waals surface area (Å²) in [4.78, 5) is 0. The Kier molecular flexibility index (Phi) is 34.1. The zero-order valence-electron chi connectivity index (χ0n) is 27.1. The van der Waals surface area contributed by atoms with Gasteiger partial charge in [0.25, 0.3) is 10.1 Å². The maximum atomic E-state index is 14.1. The fourth-order valence-electron chi connectivity index (χ4n) is 5.01. The Bertz CT molecular complexity index is 552. The van der Waals surface area contributed by atoms with Crippen LogP contribution in [-0.2, 0) is 14.3 Å². The normalized spacial score (nSPS) is 12.5. The topological polar surface area (TPSA) is 43.4 Å². The van der Waals surface area contributed by atoms with Crippen LogP contribution < -0.4 is 18.9 Å². The molecule has 0 heterocycles. The summed E-state index contributed by atoms with van der Waals surface area (Å²) in [5.41, 5.74) is -1.87. The van der Waals surface area contributed by atoms with Crippen LogP contribution in [0.15, 0.2) is 0 Å². The Balaban J connectivity index is -0.00000648. The van der Waals surface area contributed by atoms with Crippen molar-refractivity contribution in [1.29, 1.82) is 0 Å². The predicted octanol–water partition coefficient (Wildman–Crippen LogP) is 8.71. The number of hydrogen-bond acceptors (Lipinski definition) is 3. The van der Waals surface area contributed by atoms with Gasteiger partial charge >= 0.3 is 18.9 Å². The average molecular weight is 557 g/mol. The van der Waals surface area contributed by atoms with E-state index in [9.17, 15) is 12.8 Å². The van der Waals surface area contributed by atoms with Gasteiger partial charge in [0, 0.05) is 0 Å². The smallest absolute Gasteiger partial charge is 1.00 e. The SMILES string of the molecule is CCCCCCCCCCCCCCCCCCCCOS(=O)(=O)C(F)CCCCCCCCCCC.[H-].[Li+]. The Morgan fingerprint density at radius 3 is 1.08 bits per heavy atom. The van der Waals surface area contributed by atoms with Crippen molar-refractivity contribution in [3.63, 3.8) is 0 Å². The number of rotatable bonds is 31. The van der Waals surface area contributed by atoms with Crippen molar-refractivity contribution < 1.29 is 37.3 Å². The minimum Gasteiger partial charge on any atom is -1.00 e. The molecule has 38 heavy (non-hydrogen) atoms. The van der Waals surface area contributed by atoms with E-state index in [-0.39, 0.29) is 33.3 Å². The third-order valence-corrected chi connectivity index (χ3v) is 8.95. The number of halogens is 1. The molecule has 0 fully saturated rings. The minimum atomic E-state index is -4.06. The zero-order valence-corrected chi connectivity index (χ0v) is 26.9. The molecule has 0 amide bonds. The molecule has 0 radical (unpaired) electrons. The van der Waals surface area contributed by atoms with Crippen molar-refractivity contribution in [2.75, 3.05) is 6.61 Å². The molecule has 0 aliphatic rings. The van der Waals surface area contributed by atoms with Gasteiger partial charge in [-0.2, -0.15) is 8.42 Å². The zero-order chi connectivity index (χ0) is 27.3. The first-order chi connectivity index (χ1) is 18.0. The van der Waals surface area contributed by atoms with E-state index in [1.54, 1.807) is 0 Å². The molecule has 6 heteroatoms. The molecule has 0 bridgehead atoms. The standard InChI is InChI=1S/C32H65FO3S.Li.H/c1-3-5-7-9-11-13-14-15-16-17-18-19-20-21-23-25-27-29-31-36-37(34,35)32(33)30-28-26-24-22-12-10-8-6-4-2;;/h32H,3-31H2,1-2H3;;/q;+1;-1. The summed E-state index contributed by atoms with van der Waals surface area (Å²) in [5.74, 6) is 0. The van der Waals surface area contributed by atoms with Crippen molar-refractivity contribution in [2.24, 2.45) is 0 Å². The quantitative estimate of drug-likeness (QED) is 0.0487. The van der Waals surface area contributed by atoms with Crippen LogP contribution >= 0.6 is 0 Å². The number of unbranched alkanes of at least 4 members (excludes halogenated alkanes) is 25.